The average molecular weight is 941 g/mol. The number of esters is 2. The van der Waals surface area contributed by atoms with Crippen LogP contribution >= 0.6 is 0 Å². The maximum absolute atomic E-state index is 12.9. The molecule has 0 saturated heterocycles. The van der Waals surface area contributed by atoms with Crippen LogP contribution in [0.5, 0.6) is 0 Å². The summed E-state index contributed by atoms with van der Waals surface area (Å²) in [6.07, 6.45) is 59.7. The van der Waals surface area contributed by atoms with Gasteiger partial charge < -0.3 is 28.5 Å². The standard InChI is InChI=1S/C58H101NO8/c1-6-8-10-12-14-16-18-20-22-24-25-26-27-28-29-30-31-33-35-37-39-41-43-45-47-49-56(61)67-54(53-66-58(57(62)63)64-51-50-59(3,4)5)52-65-55(60)48-46-44-42-40-38-36-34-32-23-21-19-17-15-13-11-9-7-2/h9,11,15,17-18,20-21,23-25,27-28,54,58H,6-8,10,12-14,16,19,22,26,29-53H2,1-5H3/p+1/b11-9-,17-15-,20-18-,23-21-,25-24-,28-27-. The molecule has 0 aromatic heterocycles. The Bertz CT molecular complexity index is 1330. The maximum atomic E-state index is 12.9. The van der Waals surface area contributed by atoms with Gasteiger partial charge in [0.05, 0.1) is 34.4 Å². The second-order valence-electron chi connectivity index (χ2n) is 19.2. The van der Waals surface area contributed by atoms with E-state index in [0.29, 0.717) is 17.4 Å². The first-order chi connectivity index (χ1) is 32.6. The number of hydrogen-bond acceptors (Lipinski definition) is 7. The predicted molar refractivity (Wildman–Crippen MR) is 281 cm³/mol. The van der Waals surface area contributed by atoms with Crippen molar-refractivity contribution in [3.63, 3.8) is 0 Å². The lowest BCUT2D eigenvalue weighted by Crippen LogP contribution is -2.40. The molecule has 0 aromatic carbocycles. The Hall–Kier alpha value is -3.27. The first kappa shape index (κ1) is 63.7. The normalized spacial score (nSPS) is 13.4. The molecule has 9 nitrogen and oxygen atoms in total. The zero-order valence-electron chi connectivity index (χ0n) is 43.8. The van der Waals surface area contributed by atoms with E-state index in [0.717, 1.165) is 89.9 Å². The number of carbonyl (C=O) groups is 3. The molecular formula is C58H102NO8+. The summed E-state index contributed by atoms with van der Waals surface area (Å²) in [5.41, 5.74) is 0. The molecule has 0 fully saturated rings. The van der Waals surface area contributed by atoms with Crippen LogP contribution in [0.4, 0.5) is 0 Å². The van der Waals surface area contributed by atoms with Crippen molar-refractivity contribution in [2.45, 2.75) is 232 Å². The highest BCUT2D eigenvalue weighted by Gasteiger charge is 2.25. The van der Waals surface area contributed by atoms with Gasteiger partial charge in [-0.3, -0.25) is 9.59 Å². The van der Waals surface area contributed by atoms with E-state index in [-0.39, 0.29) is 38.6 Å². The summed E-state index contributed by atoms with van der Waals surface area (Å²) in [7, 11) is 5.96. The molecule has 0 heterocycles. The van der Waals surface area contributed by atoms with Gasteiger partial charge in [-0.25, -0.2) is 4.79 Å². The largest absolute Gasteiger partial charge is 0.477 e. The Labute approximate surface area is 411 Å². The number of carbonyl (C=O) groups excluding carboxylic acids is 2. The van der Waals surface area contributed by atoms with Gasteiger partial charge in [-0.15, -0.1) is 0 Å². The van der Waals surface area contributed by atoms with Crippen molar-refractivity contribution in [1.82, 2.24) is 0 Å². The fourth-order valence-electron chi connectivity index (χ4n) is 7.27. The van der Waals surface area contributed by atoms with E-state index < -0.39 is 24.3 Å². The van der Waals surface area contributed by atoms with E-state index in [1.165, 1.54) is 96.3 Å². The van der Waals surface area contributed by atoms with Gasteiger partial charge in [0, 0.05) is 12.8 Å². The molecule has 0 aromatic rings. The molecule has 9 heteroatoms. The Kier molecular flexibility index (Phi) is 46.8. The summed E-state index contributed by atoms with van der Waals surface area (Å²) in [6, 6.07) is 0. The number of aliphatic carboxylic acids is 1. The minimum Gasteiger partial charge on any atom is -0.477 e. The molecule has 0 saturated carbocycles. The van der Waals surface area contributed by atoms with Gasteiger partial charge in [-0.2, -0.15) is 0 Å². The molecule has 1 N–H and O–H groups in total. The van der Waals surface area contributed by atoms with E-state index in [2.05, 4.69) is 86.8 Å². The van der Waals surface area contributed by atoms with E-state index >= 15 is 0 Å². The third kappa shape index (κ3) is 50.4. The Balaban J connectivity index is 4.31. The zero-order valence-corrected chi connectivity index (χ0v) is 43.8. The van der Waals surface area contributed by atoms with Crippen LogP contribution in [0.25, 0.3) is 0 Å². The van der Waals surface area contributed by atoms with Crippen LogP contribution < -0.4 is 0 Å². The quantitative estimate of drug-likeness (QED) is 0.0211. The van der Waals surface area contributed by atoms with Crippen molar-refractivity contribution in [3.8, 4) is 0 Å². The van der Waals surface area contributed by atoms with Crippen LogP contribution in [-0.2, 0) is 33.3 Å². The van der Waals surface area contributed by atoms with Crippen LogP contribution in [0.15, 0.2) is 72.9 Å². The number of rotatable bonds is 49. The van der Waals surface area contributed by atoms with Gasteiger partial charge in [-0.1, -0.05) is 196 Å². The number of hydrogen-bond donors (Lipinski definition) is 1. The molecule has 0 radical (unpaired) electrons. The topological polar surface area (TPSA) is 108 Å². The van der Waals surface area contributed by atoms with E-state index in [1.807, 2.05) is 21.1 Å². The van der Waals surface area contributed by atoms with Crippen LogP contribution in [-0.4, -0.2) is 87.4 Å². The fraction of sp³-hybridized carbons (Fsp3) is 0.741. The second kappa shape index (κ2) is 49.2. The molecule has 67 heavy (non-hydrogen) atoms. The van der Waals surface area contributed by atoms with Gasteiger partial charge in [-0.05, 0) is 83.5 Å². The highest BCUT2D eigenvalue weighted by atomic mass is 16.7. The average Bonchev–Trinajstić information content (AvgIpc) is 3.29. The van der Waals surface area contributed by atoms with Crippen molar-refractivity contribution < 1.29 is 42.9 Å². The fourth-order valence-corrected chi connectivity index (χ4v) is 7.27. The van der Waals surface area contributed by atoms with Crippen molar-refractivity contribution in [1.29, 1.82) is 0 Å². The minimum absolute atomic E-state index is 0.182. The highest BCUT2D eigenvalue weighted by Crippen LogP contribution is 2.15. The van der Waals surface area contributed by atoms with Gasteiger partial charge >= 0.3 is 17.9 Å². The summed E-state index contributed by atoms with van der Waals surface area (Å²) in [5, 5.41) is 9.68. The van der Waals surface area contributed by atoms with Gasteiger partial charge in [0.1, 0.15) is 13.2 Å². The first-order valence-corrected chi connectivity index (χ1v) is 27.1. The number of ether oxygens (including phenoxy) is 4. The monoisotopic (exact) mass is 941 g/mol. The van der Waals surface area contributed by atoms with Crippen LogP contribution in [0.2, 0.25) is 0 Å². The van der Waals surface area contributed by atoms with Crippen LogP contribution in [0.1, 0.15) is 219 Å². The number of likely N-dealkylation sites (N-methyl/N-ethyl adjacent to an activating group) is 1. The molecule has 0 bridgehead atoms. The Morgan fingerprint density at radius 1 is 0.463 bits per heavy atom. The summed E-state index contributed by atoms with van der Waals surface area (Å²) in [6.45, 7) is 4.74. The SMILES string of the molecule is CC/C=C\C/C=C\C/C=C\CCCCCCCCCC(=O)OCC(COC(OCC[N+](C)(C)C)C(=O)O)OC(=O)CCCCCCCCCCCC/C=C\C/C=C\C/C=C\CCCCCCC. The van der Waals surface area contributed by atoms with Crippen molar-refractivity contribution in [3.05, 3.63) is 72.9 Å². The summed E-state index contributed by atoms with van der Waals surface area (Å²) in [4.78, 5) is 37.3. The number of unbranched alkanes of at least 4 members (excludes halogenated alkanes) is 22. The highest BCUT2D eigenvalue weighted by molar-refractivity contribution is 5.71. The summed E-state index contributed by atoms with van der Waals surface area (Å²) < 4.78 is 22.8. The molecule has 0 rings (SSSR count). The van der Waals surface area contributed by atoms with E-state index in [4.69, 9.17) is 18.9 Å². The first-order valence-electron chi connectivity index (χ1n) is 27.1. The van der Waals surface area contributed by atoms with Crippen molar-refractivity contribution >= 4 is 17.9 Å². The van der Waals surface area contributed by atoms with Crippen LogP contribution in [0.3, 0.4) is 0 Å². The van der Waals surface area contributed by atoms with E-state index in [9.17, 15) is 19.5 Å². The Morgan fingerprint density at radius 3 is 1.27 bits per heavy atom. The molecule has 2 atom stereocenters. The van der Waals surface area contributed by atoms with E-state index in [1.54, 1.807) is 0 Å². The smallest absolute Gasteiger partial charge is 0.361 e. The zero-order chi connectivity index (χ0) is 49.2. The number of nitrogens with zero attached hydrogens (tertiary/aromatic N) is 1. The summed E-state index contributed by atoms with van der Waals surface area (Å²) in [5.74, 6) is -2.03. The number of carboxylic acid groups (broad SMARTS) is 1. The lowest BCUT2D eigenvalue weighted by atomic mass is 10.0. The molecule has 0 amide bonds. The molecule has 0 aliphatic carbocycles. The third-order valence-electron chi connectivity index (χ3n) is 11.4. The summed E-state index contributed by atoms with van der Waals surface area (Å²) >= 11 is 0. The minimum atomic E-state index is -1.52. The number of allylic oxidation sites excluding steroid dienone is 12. The van der Waals surface area contributed by atoms with Gasteiger partial charge in [0.15, 0.2) is 6.10 Å². The maximum Gasteiger partial charge on any atom is 0.361 e. The molecule has 0 aliphatic heterocycles. The second-order valence-corrected chi connectivity index (χ2v) is 19.2. The number of quaternary nitrogens is 1. The van der Waals surface area contributed by atoms with Crippen LogP contribution in [0, 0.1) is 0 Å². The van der Waals surface area contributed by atoms with Crippen molar-refractivity contribution in [2.24, 2.45) is 0 Å². The lowest BCUT2D eigenvalue weighted by molar-refractivity contribution is -0.870. The number of carboxylic acids is 1. The van der Waals surface area contributed by atoms with Gasteiger partial charge in [0.2, 0.25) is 0 Å². The molecule has 2 unspecified atom stereocenters. The molecular weight excluding hydrogens is 839 g/mol. The lowest BCUT2D eigenvalue weighted by Gasteiger charge is -2.25. The van der Waals surface area contributed by atoms with Gasteiger partial charge in [0.25, 0.3) is 6.29 Å². The predicted octanol–water partition coefficient (Wildman–Crippen LogP) is 15.5. The molecule has 0 spiro atoms. The molecule has 386 valence electrons. The molecule has 0 aliphatic rings. The van der Waals surface area contributed by atoms with Crippen molar-refractivity contribution in [2.75, 3.05) is 47.5 Å². The Morgan fingerprint density at radius 2 is 0.851 bits per heavy atom. The third-order valence-corrected chi connectivity index (χ3v) is 11.4.